The Morgan fingerprint density at radius 3 is 2.34 bits per heavy atom. The summed E-state index contributed by atoms with van der Waals surface area (Å²) in [5.74, 6) is 3.57. The Hall–Kier alpha value is -1.75. The van der Waals surface area contributed by atoms with Crippen molar-refractivity contribution >= 4 is 40.5 Å². The zero-order valence-corrected chi connectivity index (χ0v) is 17.8. The molecule has 1 fully saturated rings. The first-order valence-corrected chi connectivity index (χ1v) is 9.87. The minimum absolute atomic E-state index is 0.0240. The molecule has 156 valence electrons. The Labute approximate surface area is 181 Å². The highest BCUT2D eigenvalue weighted by Crippen LogP contribution is 2.38. The van der Waals surface area contributed by atoms with Crippen LogP contribution in [0.1, 0.15) is 24.2 Å². The summed E-state index contributed by atoms with van der Waals surface area (Å²) in [6.07, 6.45) is -3.15. The van der Waals surface area contributed by atoms with Crippen LogP contribution in [0.2, 0.25) is 15.1 Å². The maximum atomic E-state index is 12.9. The zero-order valence-electron chi connectivity index (χ0n) is 15.6. The topological polar surface area (TPSA) is 30.3 Å². The summed E-state index contributed by atoms with van der Waals surface area (Å²) in [6.45, 7) is 2.84. The van der Waals surface area contributed by atoms with Crippen molar-refractivity contribution in [2.75, 3.05) is 25.1 Å². The highest BCUT2D eigenvalue weighted by atomic mass is 35.5. The van der Waals surface area contributed by atoms with Gasteiger partial charge in [-0.2, -0.15) is 23.0 Å². The van der Waals surface area contributed by atoms with Crippen molar-refractivity contribution in [3.8, 4) is 17.7 Å². The minimum atomic E-state index is -4.61. The monoisotopic (exact) mass is 465 g/mol. The summed E-state index contributed by atoms with van der Waals surface area (Å²) in [5.41, 5.74) is -0.125. The molecule has 0 N–H and O–H groups in total. The lowest BCUT2D eigenvalue weighted by Gasteiger charge is -2.32. The van der Waals surface area contributed by atoms with Gasteiger partial charge in [0.25, 0.3) is 0 Å². The van der Waals surface area contributed by atoms with E-state index in [2.05, 4.69) is 22.0 Å². The molecule has 0 atom stereocenters. The van der Waals surface area contributed by atoms with E-state index in [4.69, 9.17) is 39.5 Å². The second-order valence-electron chi connectivity index (χ2n) is 6.61. The quantitative estimate of drug-likeness (QED) is 0.516. The maximum absolute atomic E-state index is 12.9. The van der Waals surface area contributed by atoms with Gasteiger partial charge in [-0.05, 0) is 25.8 Å². The molecule has 1 aliphatic heterocycles. The smallest absolute Gasteiger partial charge is 0.436 e. The molecule has 1 saturated heterocycles. The van der Waals surface area contributed by atoms with Gasteiger partial charge in [0.15, 0.2) is 5.69 Å². The van der Waals surface area contributed by atoms with Gasteiger partial charge in [-0.25, -0.2) is 0 Å². The number of aromatic nitrogens is 2. The van der Waals surface area contributed by atoms with Crippen LogP contribution < -0.4 is 9.64 Å². The van der Waals surface area contributed by atoms with Gasteiger partial charge in [0.05, 0.1) is 33.6 Å². The number of piperidine rings is 1. The van der Waals surface area contributed by atoms with Crippen molar-refractivity contribution in [3.63, 3.8) is 0 Å². The number of hydrogen-bond donors (Lipinski definition) is 0. The molecular weight excluding hydrogens is 450 g/mol. The van der Waals surface area contributed by atoms with Gasteiger partial charge in [-0.1, -0.05) is 40.7 Å². The molecular formula is C19H17Cl3F3N3O. The third-order valence-electron chi connectivity index (χ3n) is 4.74. The van der Waals surface area contributed by atoms with Gasteiger partial charge < -0.3 is 9.64 Å². The lowest BCUT2D eigenvalue weighted by molar-refractivity contribution is -0.141. The van der Waals surface area contributed by atoms with E-state index < -0.39 is 16.9 Å². The number of rotatable bonds is 2. The van der Waals surface area contributed by atoms with Crippen LogP contribution in [0.3, 0.4) is 0 Å². The molecule has 1 aliphatic rings. The van der Waals surface area contributed by atoms with Crippen molar-refractivity contribution < 1.29 is 17.9 Å². The van der Waals surface area contributed by atoms with Crippen LogP contribution in [0.4, 0.5) is 18.9 Å². The third kappa shape index (κ3) is 4.71. The summed E-state index contributed by atoms with van der Waals surface area (Å²) < 4.78 is 45.0. The first kappa shape index (κ1) is 21.9. The minimum Gasteiger partial charge on any atom is -0.495 e. The zero-order chi connectivity index (χ0) is 21.3. The Morgan fingerprint density at radius 2 is 1.79 bits per heavy atom. The van der Waals surface area contributed by atoms with Crippen molar-refractivity contribution in [1.82, 2.24) is 9.78 Å². The fraction of sp³-hybridized carbons (Fsp3) is 0.421. The number of ether oxygens (including phenoxy) is 1. The Balaban J connectivity index is 1.71. The number of alkyl halides is 3. The summed E-state index contributed by atoms with van der Waals surface area (Å²) in [6, 6.07) is 6.14. The Bertz CT molecular complexity index is 971. The maximum Gasteiger partial charge on any atom is 0.436 e. The van der Waals surface area contributed by atoms with E-state index in [1.165, 1.54) is 14.0 Å². The summed E-state index contributed by atoms with van der Waals surface area (Å²) in [5, 5.41) is 4.04. The van der Waals surface area contributed by atoms with E-state index in [1.54, 1.807) is 12.1 Å². The molecule has 1 aromatic carbocycles. The van der Waals surface area contributed by atoms with Crippen molar-refractivity contribution in [2.24, 2.45) is 5.92 Å². The molecule has 0 aliphatic carbocycles. The summed E-state index contributed by atoms with van der Waals surface area (Å²) in [4.78, 5) is 2.11. The fourth-order valence-electron chi connectivity index (χ4n) is 3.11. The standard InChI is InChI=1S/C19H17Cl3F3N3O/c1-11-17(22)18(19(23,24)25)26-28(11)8-5-12-3-6-27(7-4-12)15-10-16(29-2)14(21)9-13(15)20/h9-10,12H,3-4,6-7H2,1-2H3. The molecule has 10 heteroatoms. The van der Waals surface area contributed by atoms with Gasteiger partial charge in [-0.3, -0.25) is 0 Å². The molecule has 2 aromatic rings. The largest absolute Gasteiger partial charge is 0.495 e. The third-order valence-corrected chi connectivity index (χ3v) is 5.79. The van der Waals surface area contributed by atoms with Gasteiger partial charge in [0.2, 0.25) is 0 Å². The molecule has 0 saturated carbocycles. The van der Waals surface area contributed by atoms with E-state index in [-0.39, 0.29) is 11.6 Å². The van der Waals surface area contributed by atoms with Crippen LogP contribution in [0.25, 0.3) is 0 Å². The predicted molar refractivity (Wildman–Crippen MR) is 108 cm³/mol. The van der Waals surface area contributed by atoms with E-state index in [9.17, 15) is 13.2 Å². The average Bonchev–Trinajstić information content (AvgIpc) is 2.96. The van der Waals surface area contributed by atoms with Crippen LogP contribution in [0, 0.1) is 24.8 Å². The Morgan fingerprint density at radius 1 is 1.14 bits per heavy atom. The molecule has 0 spiro atoms. The van der Waals surface area contributed by atoms with E-state index in [0.717, 1.165) is 23.2 Å². The van der Waals surface area contributed by atoms with E-state index in [1.807, 2.05) is 0 Å². The van der Waals surface area contributed by atoms with Gasteiger partial charge >= 0.3 is 6.18 Å². The summed E-state index contributed by atoms with van der Waals surface area (Å²) >= 11 is 18.1. The number of anilines is 1. The van der Waals surface area contributed by atoms with Crippen LogP contribution >= 0.6 is 34.8 Å². The van der Waals surface area contributed by atoms with Gasteiger partial charge in [0.1, 0.15) is 5.75 Å². The normalized spacial score (nSPS) is 15.2. The molecule has 4 nitrogen and oxygen atoms in total. The predicted octanol–water partition coefficient (Wildman–Crippen LogP) is 5.90. The van der Waals surface area contributed by atoms with Crippen LogP contribution in [0.5, 0.6) is 5.75 Å². The highest BCUT2D eigenvalue weighted by molar-refractivity contribution is 6.37. The number of benzene rings is 1. The molecule has 2 heterocycles. The van der Waals surface area contributed by atoms with Crippen LogP contribution in [-0.2, 0) is 6.18 Å². The van der Waals surface area contributed by atoms with Crippen LogP contribution in [-0.4, -0.2) is 30.0 Å². The molecule has 0 unspecified atom stereocenters. The number of methoxy groups -OCH3 is 1. The average molecular weight is 467 g/mol. The molecule has 3 rings (SSSR count). The summed E-state index contributed by atoms with van der Waals surface area (Å²) in [7, 11) is 1.54. The number of nitrogens with zero attached hydrogens (tertiary/aromatic N) is 3. The van der Waals surface area contributed by atoms with Crippen molar-refractivity contribution in [1.29, 1.82) is 0 Å². The van der Waals surface area contributed by atoms with E-state index >= 15 is 0 Å². The molecule has 0 amide bonds. The second kappa shape index (κ2) is 8.55. The first-order valence-electron chi connectivity index (χ1n) is 8.73. The fourth-order valence-corrected chi connectivity index (χ4v) is 3.91. The first-order chi connectivity index (χ1) is 13.6. The Kier molecular flexibility index (Phi) is 6.47. The van der Waals surface area contributed by atoms with Gasteiger partial charge in [0, 0.05) is 31.1 Å². The molecule has 1 aromatic heterocycles. The van der Waals surface area contributed by atoms with Crippen molar-refractivity contribution in [2.45, 2.75) is 25.9 Å². The molecule has 0 radical (unpaired) electrons. The highest BCUT2D eigenvalue weighted by Gasteiger charge is 2.38. The second-order valence-corrected chi connectivity index (χ2v) is 7.81. The molecule has 29 heavy (non-hydrogen) atoms. The van der Waals surface area contributed by atoms with Crippen LogP contribution in [0.15, 0.2) is 12.1 Å². The van der Waals surface area contributed by atoms with Gasteiger partial charge in [-0.15, -0.1) is 0 Å². The van der Waals surface area contributed by atoms with Crippen molar-refractivity contribution in [3.05, 3.63) is 38.6 Å². The SMILES string of the molecule is COc1cc(N2CCC(C#Cn3nc(C(F)(F)F)c(Cl)c3C)CC2)c(Cl)cc1Cl. The lowest BCUT2D eigenvalue weighted by atomic mass is 9.97. The van der Waals surface area contributed by atoms with E-state index in [0.29, 0.717) is 28.9 Å². The lowest BCUT2D eigenvalue weighted by Crippen LogP contribution is -2.33. The number of halogens is 6. The molecule has 0 bridgehead atoms. The number of hydrogen-bond acceptors (Lipinski definition) is 3.